The van der Waals surface area contributed by atoms with Crippen LogP contribution in [0.15, 0.2) is 48.8 Å². The lowest BCUT2D eigenvalue weighted by atomic mass is 10.00. The summed E-state index contributed by atoms with van der Waals surface area (Å²) in [6.45, 7) is 1.75. The number of aryl methyl sites for hydroxylation is 1. The first-order valence-corrected chi connectivity index (χ1v) is 6.17. The van der Waals surface area contributed by atoms with Gasteiger partial charge in [0.2, 0.25) is 0 Å². The number of para-hydroxylation sites is 1. The second kappa shape index (κ2) is 4.81. The number of benzene rings is 2. The highest BCUT2D eigenvalue weighted by molar-refractivity contribution is 6.15. The number of carbonyl (C=O) groups is 1. The Labute approximate surface area is 115 Å². The Bertz CT molecular complexity index is 789. The maximum Gasteiger partial charge on any atom is 0.195 e. The lowest BCUT2D eigenvalue weighted by Crippen LogP contribution is -2.04. The van der Waals surface area contributed by atoms with Gasteiger partial charge in [0.25, 0.3) is 0 Å². The van der Waals surface area contributed by atoms with E-state index in [4.69, 9.17) is 0 Å². The minimum Gasteiger partial charge on any atom is -0.289 e. The second-order valence-corrected chi connectivity index (χ2v) is 4.58. The normalized spacial score (nSPS) is 10.7. The highest BCUT2D eigenvalue weighted by atomic mass is 19.1. The summed E-state index contributed by atoms with van der Waals surface area (Å²) in [4.78, 5) is 20.9. The van der Waals surface area contributed by atoms with Crippen LogP contribution < -0.4 is 0 Å². The van der Waals surface area contributed by atoms with Crippen molar-refractivity contribution in [1.29, 1.82) is 0 Å². The zero-order valence-corrected chi connectivity index (χ0v) is 10.8. The van der Waals surface area contributed by atoms with E-state index < -0.39 is 5.82 Å². The van der Waals surface area contributed by atoms with Gasteiger partial charge in [0.1, 0.15) is 5.82 Å². The van der Waals surface area contributed by atoms with Crippen LogP contribution >= 0.6 is 0 Å². The molecule has 0 saturated carbocycles. The molecular formula is C16H11FN2O. The lowest BCUT2D eigenvalue weighted by molar-refractivity contribution is 0.103. The van der Waals surface area contributed by atoms with E-state index in [1.165, 1.54) is 18.3 Å². The fourth-order valence-electron chi connectivity index (χ4n) is 2.20. The molecule has 0 bridgehead atoms. The zero-order valence-electron chi connectivity index (χ0n) is 10.8. The Balaban J connectivity index is 2.17. The van der Waals surface area contributed by atoms with Crippen LogP contribution in [-0.4, -0.2) is 15.8 Å². The third kappa shape index (κ3) is 2.16. The first-order chi connectivity index (χ1) is 9.65. The molecule has 0 saturated heterocycles. The van der Waals surface area contributed by atoms with E-state index in [1.54, 1.807) is 37.4 Å². The molecule has 3 rings (SSSR count). The minimum atomic E-state index is -0.417. The molecule has 0 fully saturated rings. The Kier molecular flexibility index (Phi) is 2.99. The van der Waals surface area contributed by atoms with E-state index in [1.807, 2.05) is 0 Å². The van der Waals surface area contributed by atoms with Crippen molar-refractivity contribution in [3.63, 3.8) is 0 Å². The second-order valence-electron chi connectivity index (χ2n) is 4.58. The van der Waals surface area contributed by atoms with E-state index in [-0.39, 0.29) is 5.78 Å². The molecule has 0 unspecified atom stereocenters. The van der Waals surface area contributed by atoms with Crippen molar-refractivity contribution in [1.82, 2.24) is 9.97 Å². The summed E-state index contributed by atoms with van der Waals surface area (Å²) >= 11 is 0. The molecule has 4 heteroatoms. The van der Waals surface area contributed by atoms with Crippen LogP contribution in [0.5, 0.6) is 0 Å². The Morgan fingerprint density at radius 3 is 2.70 bits per heavy atom. The van der Waals surface area contributed by atoms with Crippen LogP contribution in [0.25, 0.3) is 11.0 Å². The quantitative estimate of drug-likeness (QED) is 0.668. The van der Waals surface area contributed by atoms with Crippen molar-refractivity contribution in [2.24, 2.45) is 0 Å². The SMILES string of the molecule is Cc1cc(F)cc(C(=O)c2cccc3nccnc23)c1. The van der Waals surface area contributed by atoms with Crippen LogP contribution in [0.4, 0.5) is 4.39 Å². The standard InChI is InChI=1S/C16H11FN2O/c1-10-7-11(9-12(17)8-10)16(20)13-3-2-4-14-15(13)19-6-5-18-14/h2-9H,1H3. The first-order valence-electron chi connectivity index (χ1n) is 6.17. The van der Waals surface area contributed by atoms with E-state index in [2.05, 4.69) is 9.97 Å². The number of hydrogen-bond donors (Lipinski definition) is 0. The number of halogens is 1. The number of fused-ring (bicyclic) bond motifs is 1. The summed E-state index contributed by atoms with van der Waals surface area (Å²) in [7, 11) is 0. The van der Waals surface area contributed by atoms with Gasteiger partial charge < -0.3 is 0 Å². The molecule has 20 heavy (non-hydrogen) atoms. The predicted molar refractivity (Wildman–Crippen MR) is 74.1 cm³/mol. The third-order valence-corrected chi connectivity index (χ3v) is 3.05. The molecule has 2 aromatic carbocycles. The first kappa shape index (κ1) is 12.4. The molecule has 0 aliphatic rings. The fraction of sp³-hybridized carbons (Fsp3) is 0.0625. The molecule has 98 valence electrons. The van der Waals surface area contributed by atoms with Crippen LogP contribution in [0.2, 0.25) is 0 Å². The molecule has 0 N–H and O–H groups in total. The topological polar surface area (TPSA) is 42.9 Å². The van der Waals surface area contributed by atoms with Gasteiger partial charge in [-0.1, -0.05) is 6.07 Å². The third-order valence-electron chi connectivity index (χ3n) is 3.05. The zero-order chi connectivity index (χ0) is 14.1. The van der Waals surface area contributed by atoms with Gasteiger partial charge in [-0.05, 0) is 42.8 Å². The Morgan fingerprint density at radius 1 is 1.10 bits per heavy atom. The van der Waals surface area contributed by atoms with Crippen molar-refractivity contribution in [3.8, 4) is 0 Å². The van der Waals surface area contributed by atoms with Crippen molar-refractivity contribution >= 4 is 16.8 Å². The fourth-order valence-corrected chi connectivity index (χ4v) is 2.20. The summed E-state index contributed by atoms with van der Waals surface area (Å²) in [6, 6.07) is 9.51. The summed E-state index contributed by atoms with van der Waals surface area (Å²) in [5, 5.41) is 0. The largest absolute Gasteiger partial charge is 0.289 e. The number of nitrogens with zero attached hydrogens (tertiary/aromatic N) is 2. The molecule has 3 aromatic rings. The summed E-state index contributed by atoms with van der Waals surface area (Å²) in [6.07, 6.45) is 3.11. The molecule has 0 amide bonds. The average Bonchev–Trinajstić information content (AvgIpc) is 2.45. The lowest BCUT2D eigenvalue weighted by Gasteiger charge is -2.05. The number of ketones is 1. The van der Waals surface area contributed by atoms with Crippen molar-refractivity contribution in [2.75, 3.05) is 0 Å². The number of carbonyl (C=O) groups excluding carboxylic acids is 1. The van der Waals surface area contributed by atoms with Crippen molar-refractivity contribution < 1.29 is 9.18 Å². The summed E-state index contributed by atoms with van der Waals surface area (Å²) in [5.41, 5.74) is 2.63. The molecule has 0 atom stereocenters. The van der Waals surface area contributed by atoms with Gasteiger partial charge in [-0.2, -0.15) is 0 Å². The molecule has 1 aromatic heterocycles. The molecule has 1 heterocycles. The highest BCUT2D eigenvalue weighted by Gasteiger charge is 2.14. The maximum absolute atomic E-state index is 13.4. The van der Waals surface area contributed by atoms with Crippen LogP contribution in [0.3, 0.4) is 0 Å². The smallest absolute Gasteiger partial charge is 0.195 e. The molecule has 0 radical (unpaired) electrons. The Hall–Kier alpha value is -2.62. The van der Waals surface area contributed by atoms with Crippen molar-refractivity contribution in [2.45, 2.75) is 6.92 Å². The predicted octanol–water partition coefficient (Wildman–Crippen LogP) is 3.31. The van der Waals surface area contributed by atoms with E-state index in [0.29, 0.717) is 27.7 Å². The van der Waals surface area contributed by atoms with Gasteiger partial charge in [0.05, 0.1) is 16.6 Å². The van der Waals surface area contributed by atoms with Gasteiger partial charge in [-0.25, -0.2) is 4.39 Å². The van der Waals surface area contributed by atoms with E-state index in [0.717, 1.165) is 0 Å². The molecule has 0 aliphatic carbocycles. The Morgan fingerprint density at radius 2 is 1.90 bits per heavy atom. The van der Waals surface area contributed by atoms with Gasteiger partial charge in [0.15, 0.2) is 5.78 Å². The van der Waals surface area contributed by atoms with Crippen LogP contribution in [0, 0.1) is 12.7 Å². The molecule has 3 nitrogen and oxygen atoms in total. The summed E-state index contributed by atoms with van der Waals surface area (Å²) < 4.78 is 13.4. The maximum atomic E-state index is 13.4. The van der Waals surface area contributed by atoms with E-state index in [9.17, 15) is 9.18 Å². The van der Waals surface area contributed by atoms with Gasteiger partial charge >= 0.3 is 0 Å². The molecule has 0 spiro atoms. The molecule has 0 aliphatic heterocycles. The minimum absolute atomic E-state index is 0.251. The van der Waals surface area contributed by atoms with Crippen LogP contribution in [0.1, 0.15) is 21.5 Å². The summed E-state index contributed by atoms with van der Waals surface area (Å²) in [5.74, 6) is -0.668. The van der Waals surface area contributed by atoms with Gasteiger partial charge in [0, 0.05) is 18.0 Å². The van der Waals surface area contributed by atoms with E-state index >= 15 is 0 Å². The number of aromatic nitrogens is 2. The number of hydrogen-bond acceptors (Lipinski definition) is 3. The average molecular weight is 266 g/mol. The van der Waals surface area contributed by atoms with Gasteiger partial charge in [-0.3, -0.25) is 14.8 Å². The van der Waals surface area contributed by atoms with Crippen LogP contribution in [-0.2, 0) is 0 Å². The molecular weight excluding hydrogens is 255 g/mol. The van der Waals surface area contributed by atoms with Gasteiger partial charge in [-0.15, -0.1) is 0 Å². The van der Waals surface area contributed by atoms with Crippen molar-refractivity contribution in [3.05, 3.63) is 71.3 Å². The number of rotatable bonds is 2. The monoisotopic (exact) mass is 266 g/mol. The highest BCUT2D eigenvalue weighted by Crippen LogP contribution is 2.19.